The highest BCUT2D eigenvalue weighted by molar-refractivity contribution is 7.07. The van der Waals surface area contributed by atoms with Crippen molar-refractivity contribution in [2.75, 3.05) is 26.8 Å². The molecule has 4 heterocycles. The second-order valence-corrected chi connectivity index (χ2v) is 12.5. The van der Waals surface area contributed by atoms with E-state index in [9.17, 15) is 14.4 Å². The molecule has 9 nitrogen and oxygen atoms in total. The first-order valence-corrected chi connectivity index (χ1v) is 16.3. The van der Waals surface area contributed by atoms with Crippen LogP contribution >= 0.6 is 11.3 Å². The SMILES string of the molecule is CCOC(=O)C1=C(C)N=c2s/c(=C/c3cn(CC(=O)N4CCCC4)c4ccccc34)c(=O)n2[C@@H]1c1c(OC)ccc2ccccc12. The van der Waals surface area contributed by atoms with Gasteiger partial charge in [-0.15, -0.1) is 0 Å². The fourth-order valence-corrected chi connectivity index (χ4v) is 7.71. The van der Waals surface area contributed by atoms with Gasteiger partial charge in [-0.2, -0.15) is 0 Å². The standard InChI is InChI=1S/C36H34N4O5S/c1-4-45-35(43)31-22(2)37-36-40(33(31)32-26-13-6-5-11-23(26)15-16-28(32)44-3)34(42)29(46-36)19-24-20-39(27-14-8-7-12-25(24)27)21-30(41)38-17-9-10-18-38/h5-8,11-16,19-20,33H,4,9-10,17-18,21H2,1-3H3/b29-19+/t33-/m0/s1. The number of nitrogens with zero attached hydrogens (tertiary/aromatic N) is 4. The number of ether oxygens (including phenoxy) is 2. The molecule has 0 N–H and O–H groups in total. The Morgan fingerprint density at radius 3 is 2.52 bits per heavy atom. The lowest BCUT2D eigenvalue weighted by Crippen LogP contribution is -2.40. The van der Waals surface area contributed by atoms with Crippen LogP contribution < -0.4 is 19.6 Å². The number of para-hydroxylation sites is 1. The Balaban J connectivity index is 1.42. The summed E-state index contributed by atoms with van der Waals surface area (Å²) < 4.78 is 15.4. The second-order valence-electron chi connectivity index (χ2n) is 11.5. The number of thiazole rings is 1. The molecule has 10 heteroatoms. The van der Waals surface area contributed by atoms with Gasteiger partial charge >= 0.3 is 5.97 Å². The molecule has 1 atom stereocenters. The van der Waals surface area contributed by atoms with E-state index in [1.807, 2.05) is 82.4 Å². The molecule has 0 spiro atoms. The molecule has 1 saturated heterocycles. The summed E-state index contributed by atoms with van der Waals surface area (Å²) in [6.07, 6.45) is 5.88. The molecule has 2 aromatic heterocycles. The van der Waals surface area contributed by atoms with Crippen molar-refractivity contribution in [3.63, 3.8) is 0 Å². The number of carbonyl (C=O) groups is 2. The minimum Gasteiger partial charge on any atom is -0.496 e. The van der Waals surface area contributed by atoms with Gasteiger partial charge in [-0.05, 0) is 55.7 Å². The third-order valence-electron chi connectivity index (χ3n) is 8.81. The minimum absolute atomic E-state index is 0.0928. The van der Waals surface area contributed by atoms with E-state index in [1.165, 1.54) is 11.3 Å². The maximum Gasteiger partial charge on any atom is 0.338 e. The normalized spacial score (nSPS) is 16.6. The lowest BCUT2D eigenvalue weighted by Gasteiger charge is -2.27. The molecule has 1 fully saturated rings. The summed E-state index contributed by atoms with van der Waals surface area (Å²) in [5.41, 5.74) is 2.96. The zero-order valence-electron chi connectivity index (χ0n) is 26.0. The van der Waals surface area contributed by atoms with Gasteiger partial charge in [0.2, 0.25) is 5.91 Å². The Morgan fingerprint density at radius 2 is 1.76 bits per heavy atom. The number of allylic oxidation sites excluding steroid dienone is 1. The summed E-state index contributed by atoms with van der Waals surface area (Å²) in [4.78, 5) is 48.2. The number of methoxy groups -OCH3 is 1. The molecule has 0 aliphatic carbocycles. The maximum atomic E-state index is 14.5. The molecule has 46 heavy (non-hydrogen) atoms. The molecule has 1 amide bonds. The zero-order valence-corrected chi connectivity index (χ0v) is 26.8. The molecule has 5 aromatic rings. The second kappa shape index (κ2) is 12.1. The van der Waals surface area contributed by atoms with Crippen molar-refractivity contribution in [1.82, 2.24) is 14.0 Å². The number of carbonyl (C=O) groups excluding carboxylic acids is 2. The van der Waals surface area contributed by atoms with Crippen molar-refractivity contribution >= 4 is 51.0 Å². The number of hydrogen-bond acceptors (Lipinski definition) is 7. The monoisotopic (exact) mass is 634 g/mol. The summed E-state index contributed by atoms with van der Waals surface area (Å²) in [6, 6.07) is 18.8. The Kier molecular flexibility index (Phi) is 7.82. The number of likely N-dealkylation sites (tertiary alicyclic amines) is 1. The fourth-order valence-electron chi connectivity index (χ4n) is 6.67. The Bertz CT molecular complexity index is 2240. The maximum absolute atomic E-state index is 14.5. The first-order chi connectivity index (χ1) is 22.4. The van der Waals surface area contributed by atoms with Crippen molar-refractivity contribution in [3.8, 4) is 5.75 Å². The van der Waals surface area contributed by atoms with E-state index in [1.54, 1.807) is 25.5 Å². The summed E-state index contributed by atoms with van der Waals surface area (Å²) in [5.74, 6) is 0.124. The predicted molar refractivity (Wildman–Crippen MR) is 179 cm³/mol. The Hall–Kier alpha value is -4.96. The molecular weight excluding hydrogens is 600 g/mol. The fraction of sp³-hybridized carbons (Fsp3) is 0.278. The van der Waals surface area contributed by atoms with Crippen LogP contribution in [-0.4, -0.2) is 52.7 Å². The van der Waals surface area contributed by atoms with E-state index in [2.05, 4.69) is 0 Å². The van der Waals surface area contributed by atoms with Gasteiger partial charge in [-0.1, -0.05) is 59.9 Å². The van der Waals surface area contributed by atoms with Crippen LogP contribution in [0.4, 0.5) is 0 Å². The average molecular weight is 635 g/mol. The predicted octanol–water partition coefficient (Wildman–Crippen LogP) is 4.54. The highest BCUT2D eigenvalue weighted by Crippen LogP contribution is 2.40. The minimum atomic E-state index is -0.821. The van der Waals surface area contributed by atoms with Crippen LogP contribution in [0.25, 0.3) is 27.8 Å². The number of rotatable bonds is 7. The lowest BCUT2D eigenvalue weighted by atomic mass is 9.90. The van der Waals surface area contributed by atoms with Crippen LogP contribution in [0.1, 0.15) is 43.9 Å². The van der Waals surface area contributed by atoms with Crippen LogP contribution in [0.5, 0.6) is 5.75 Å². The summed E-state index contributed by atoms with van der Waals surface area (Å²) in [6.45, 7) is 5.54. The quantitative estimate of drug-likeness (QED) is 0.245. The van der Waals surface area contributed by atoms with Gasteiger partial charge in [0.15, 0.2) is 4.80 Å². The Morgan fingerprint density at radius 1 is 1.02 bits per heavy atom. The molecule has 0 saturated carbocycles. The molecule has 7 rings (SSSR count). The van der Waals surface area contributed by atoms with Crippen LogP contribution in [0, 0.1) is 0 Å². The highest BCUT2D eigenvalue weighted by Gasteiger charge is 2.36. The largest absolute Gasteiger partial charge is 0.496 e. The van der Waals surface area contributed by atoms with E-state index in [0.29, 0.717) is 31.9 Å². The molecule has 0 radical (unpaired) electrons. The molecule has 234 valence electrons. The number of esters is 1. The zero-order chi connectivity index (χ0) is 31.9. The van der Waals surface area contributed by atoms with Crippen LogP contribution in [0.15, 0.2) is 87.9 Å². The van der Waals surface area contributed by atoms with Crippen molar-refractivity contribution in [3.05, 3.63) is 109 Å². The number of hydrogen-bond donors (Lipinski definition) is 0. The lowest BCUT2D eigenvalue weighted by molar-refractivity contribution is -0.139. The number of fused-ring (bicyclic) bond motifs is 3. The van der Waals surface area contributed by atoms with Gasteiger partial charge in [0.1, 0.15) is 18.3 Å². The van der Waals surface area contributed by atoms with Crippen molar-refractivity contribution in [2.45, 2.75) is 39.3 Å². The van der Waals surface area contributed by atoms with Crippen molar-refractivity contribution in [1.29, 1.82) is 0 Å². The summed E-state index contributed by atoms with van der Waals surface area (Å²) in [7, 11) is 1.59. The highest BCUT2D eigenvalue weighted by atomic mass is 32.1. The van der Waals surface area contributed by atoms with Crippen molar-refractivity contribution < 1.29 is 19.1 Å². The Labute approximate surface area is 269 Å². The molecule has 2 aliphatic rings. The van der Waals surface area contributed by atoms with Crippen LogP contribution in [0.3, 0.4) is 0 Å². The van der Waals surface area contributed by atoms with Gasteiger partial charge < -0.3 is 18.9 Å². The number of benzene rings is 3. The number of amides is 1. The molecule has 0 unspecified atom stereocenters. The average Bonchev–Trinajstić information content (AvgIpc) is 3.79. The molecule has 0 bridgehead atoms. The third kappa shape index (κ3) is 5.02. The summed E-state index contributed by atoms with van der Waals surface area (Å²) >= 11 is 1.27. The molecular formula is C36H34N4O5S. The van der Waals surface area contributed by atoms with Gasteiger partial charge in [-0.3, -0.25) is 14.2 Å². The topological polar surface area (TPSA) is 95.1 Å². The summed E-state index contributed by atoms with van der Waals surface area (Å²) in [5, 5.41) is 2.76. The van der Waals surface area contributed by atoms with E-state index in [0.717, 1.165) is 53.2 Å². The third-order valence-corrected chi connectivity index (χ3v) is 9.79. The van der Waals surface area contributed by atoms with E-state index < -0.39 is 12.0 Å². The van der Waals surface area contributed by atoms with E-state index in [4.69, 9.17) is 14.5 Å². The number of aromatic nitrogens is 2. The van der Waals surface area contributed by atoms with Gasteiger partial charge in [0, 0.05) is 41.3 Å². The van der Waals surface area contributed by atoms with Crippen LogP contribution in [0.2, 0.25) is 0 Å². The smallest absolute Gasteiger partial charge is 0.338 e. The van der Waals surface area contributed by atoms with Crippen molar-refractivity contribution in [2.24, 2.45) is 4.99 Å². The van der Waals surface area contributed by atoms with Gasteiger partial charge in [-0.25, -0.2) is 9.79 Å². The molecule has 2 aliphatic heterocycles. The van der Waals surface area contributed by atoms with Gasteiger partial charge in [0.05, 0.1) is 29.5 Å². The first kappa shape index (κ1) is 29.7. The van der Waals surface area contributed by atoms with Crippen LogP contribution in [-0.2, 0) is 20.9 Å². The molecule has 3 aromatic carbocycles. The van der Waals surface area contributed by atoms with E-state index >= 15 is 0 Å². The first-order valence-electron chi connectivity index (χ1n) is 15.5. The van der Waals surface area contributed by atoms with Gasteiger partial charge in [0.25, 0.3) is 5.56 Å². The van der Waals surface area contributed by atoms with E-state index in [-0.39, 0.29) is 24.6 Å².